The fourth-order valence-electron chi connectivity index (χ4n) is 2.03. The normalized spacial score (nSPS) is 10.7. The van der Waals surface area contributed by atoms with Gasteiger partial charge in [0.15, 0.2) is 0 Å². The monoisotopic (exact) mass is 246 g/mol. The molecule has 0 heterocycles. The molecule has 0 amide bonds. The molecule has 2 nitrogen and oxygen atoms in total. The van der Waals surface area contributed by atoms with Gasteiger partial charge in [0.25, 0.3) is 0 Å². The number of aryl methyl sites for hydroxylation is 2. The van der Waals surface area contributed by atoms with E-state index in [9.17, 15) is 4.79 Å². The van der Waals surface area contributed by atoms with Crippen LogP contribution < -0.4 is 0 Å². The van der Waals surface area contributed by atoms with Crippen molar-refractivity contribution in [1.29, 1.82) is 0 Å². The lowest BCUT2D eigenvalue weighted by molar-refractivity contribution is -0.136. The summed E-state index contributed by atoms with van der Waals surface area (Å²) in [6, 6.07) is 10.1. The first kappa shape index (κ1) is 12.0. The molecule has 0 aliphatic heterocycles. The lowest BCUT2D eigenvalue weighted by Gasteiger charge is -2.09. The smallest absolute Gasteiger partial charge is 0.303 e. The summed E-state index contributed by atoms with van der Waals surface area (Å²) in [7, 11) is 0. The third kappa shape index (κ3) is 2.61. The van der Waals surface area contributed by atoms with Crippen LogP contribution in [0.15, 0.2) is 35.2 Å². The van der Waals surface area contributed by atoms with Gasteiger partial charge in [-0.2, -0.15) is 0 Å². The number of benzene rings is 2. The highest BCUT2D eigenvalue weighted by Gasteiger charge is 2.05. The van der Waals surface area contributed by atoms with Crippen LogP contribution in [-0.4, -0.2) is 11.1 Å². The highest BCUT2D eigenvalue weighted by Crippen LogP contribution is 2.25. The lowest BCUT2D eigenvalue weighted by atomic mass is 9.97. The van der Waals surface area contributed by atoms with Crippen LogP contribution in [0, 0.1) is 6.92 Å². The van der Waals surface area contributed by atoms with Gasteiger partial charge in [-0.1, -0.05) is 18.2 Å². The summed E-state index contributed by atoms with van der Waals surface area (Å²) in [5.74, 6) is -0.754. The molecule has 0 atom stereocenters. The molecular weight excluding hydrogens is 232 g/mol. The van der Waals surface area contributed by atoms with Crippen molar-refractivity contribution < 1.29 is 9.90 Å². The van der Waals surface area contributed by atoms with E-state index >= 15 is 0 Å². The number of thiol groups is 1. The third-order valence-electron chi connectivity index (χ3n) is 2.99. The van der Waals surface area contributed by atoms with Crippen LogP contribution in [0.4, 0.5) is 0 Å². The van der Waals surface area contributed by atoms with Gasteiger partial charge >= 0.3 is 5.97 Å². The van der Waals surface area contributed by atoms with E-state index in [0.29, 0.717) is 6.42 Å². The number of aliphatic carboxylic acids is 1. The number of fused-ring (bicyclic) bond motifs is 1. The second-order valence-corrected chi connectivity index (χ2v) is 4.67. The summed E-state index contributed by atoms with van der Waals surface area (Å²) in [5, 5.41) is 11.0. The molecule has 0 saturated heterocycles. The molecule has 1 N–H and O–H groups in total. The highest BCUT2D eigenvalue weighted by molar-refractivity contribution is 7.80. The Bertz CT molecular complexity index is 576. The van der Waals surface area contributed by atoms with E-state index in [2.05, 4.69) is 12.6 Å². The van der Waals surface area contributed by atoms with Crippen LogP contribution in [0.5, 0.6) is 0 Å². The van der Waals surface area contributed by atoms with Crippen molar-refractivity contribution in [3.05, 3.63) is 41.5 Å². The zero-order valence-electron chi connectivity index (χ0n) is 9.60. The fourth-order valence-corrected chi connectivity index (χ4v) is 2.24. The average Bonchev–Trinajstić information content (AvgIpc) is 2.27. The number of carboxylic acid groups (broad SMARTS) is 1. The van der Waals surface area contributed by atoms with Gasteiger partial charge in [-0.25, -0.2) is 0 Å². The van der Waals surface area contributed by atoms with Crippen molar-refractivity contribution in [2.24, 2.45) is 0 Å². The van der Waals surface area contributed by atoms with Crippen LogP contribution in [0.1, 0.15) is 17.5 Å². The zero-order chi connectivity index (χ0) is 12.4. The molecule has 0 spiro atoms. The van der Waals surface area contributed by atoms with Crippen molar-refractivity contribution >= 4 is 29.4 Å². The second kappa shape index (κ2) is 4.80. The molecule has 0 fully saturated rings. The summed E-state index contributed by atoms with van der Waals surface area (Å²) in [4.78, 5) is 11.5. The summed E-state index contributed by atoms with van der Waals surface area (Å²) in [5.41, 5.74) is 2.27. The fraction of sp³-hybridized carbons (Fsp3) is 0.214. The summed E-state index contributed by atoms with van der Waals surface area (Å²) in [6.45, 7) is 2.04. The molecule has 0 radical (unpaired) electrons. The number of rotatable bonds is 3. The van der Waals surface area contributed by atoms with Gasteiger partial charge < -0.3 is 5.11 Å². The minimum Gasteiger partial charge on any atom is -0.481 e. The Morgan fingerprint density at radius 3 is 2.76 bits per heavy atom. The first-order valence-corrected chi connectivity index (χ1v) is 5.95. The molecule has 2 aromatic carbocycles. The van der Waals surface area contributed by atoms with E-state index in [1.807, 2.05) is 37.3 Å². The van der Waals surface area contributed by atoms with E-state index in [1.165, 1.54) is 5.39 Å². The highest BCUT2D eigenvalue weighted by atomic mass is 32.1. The number of carbonyl (C=O) groups is 1. The minimum absolute atomic E-state index is 0.178. The molecule has 17 heavy (non-hydrogen) atoms. The van der Waals surface area contributed by atoms with Crippen molar-refractivity contribution in [3.63, 3.8) is 0 Å². The maximum Gasteiger partial charge on any atom is 0.303 e. The van der Waals surface area contributed by atoms with Gasteiger partial charge in [0, 0.05) is 11.3 Å². The SMILES string of the molecule is Cc1c(CCC(=O)O)ccc2cc(S)ccc12. The van der Waals surface area contributed by atoms with E-state index < -0.39 is 5.97 Å². The molecule has 0 saturated carbocycles. The maximum atomic E-state index is 10.6. The summed E-state index contributed by atoms with van der Waals surface area (Å²) < 4.78 is 0. The largest absolute Gasteiger partial charge is 0.481 e. The molecule has 2 rings (SSSR count). The van der Waals surface area contributed by atoms with Crippen molar-refractivity contribution in [3.8, 4) is 0 Å². The molecule has 2 aromatic rings. The molecule has 3 heteroatoms. The van der Waals surface area contributed by atoms with Crippen LogP contribution in [0.2, 0.25) is 0 Å². The standard InChI is InChI=1S/C14H14O2S/c1-9-10(4-7-14(15)16)2-3-11-8-12(17)5-6-13(9)11/h2-3,5-6,8,17H,4,7H2,1H3,(H,15,16). The first-order chi connectivity index (χ1) is 8.08. The predicted molar refractivity (Wildman–Crippen MR) is 71.9 cm³/mol. The van der Waals surface area contributed by atoms with Gasteiger partial charge in [-0.15, -0.1) is 12.6 Å². The average molecular weight is 246 g/mol. The Morgan fingerprint density at radius 1 is 1.29 bits per heavy atom. The van der Waals surface area contributed by atoms with Crippen LogP contribution in [0.25, 0.3) is 10.8 Å². The maximum absolute atomic E-state index is 10.6. The Balaban J connectivity index is 2.43. The van der Waals surface area contributed by atoms with E-state index in [-0.39, 0.29) is 6.42 Å². The molecule has 0 bridgehead atoms. The molecule has 0 unspecified atom stereocenters. The van der Waals surface area contributed by atoms with Crippen molar-refractivity contribution in [2.45, 2.75) is 24.7 Å². The minimum atomic E-state index is -0.754. The van der Waals surface area contributed by atoms with E-state index in [4.69, 9.17) is 5.11 Å². The topological polar surface area (TPSA) is 37.3 Å². The summed E-state index contributed by atoms with van der Waals surface area (Å²) in [6.07, 6.45) is 0.761. The van der Waals surface area contributed by atoms with Crippen LogP contribution in [-0.2, 0) is 11.2 Å². The molecular formula is C14H14O2S. The third-order valence-corrected chi connectivity index (χ3v) is 3.27. The van der Waals surface area contributed by atoms with E-state index in [1.54, 1.807) is 0 Å². The van der Waals surface area contributed by atoms with Gasteiger partial charge in [0.1, 0.15) is 0 Å². The second-order valence-electron chi connectivity index (χ2n) is 4.15. The number of hydrogen-bond donors (Lipinski definition) is 2. The van der Waals surface area contributed by atoms with Gasteiger partial charge in [0.05, 0.1) is 0 Å². The van der Waals surface area contributed by atoms with Crippen LogP contribution in [0.3, 0.4) is 0 Å². The Labute approximate surface area is 106 Å². The van der Waals surface area contributed by atoms with E-state index in [0.717, 1.165) is 21.4 Å². The quantitative estimate of drug-likeness (QED) is 0.814. The Morgan fingerprint density at radius 2 is 2.06 bits per heavy atom. The first-order valence-electron chi connectivity index (χ1n) is 5.51. The number of carboxylic acids is 1. The molecule has 88 valence electrons. The van der Waals surface area contributed by atoms with Gasteiger partial charge in [-0.05, 0) is 47.4 Å². The molecule has 0 aromatic heterocycles. The van der Waals surface area contributed by atoms with Gasteiger partial charge in [0.2, 0.25) is 0 Å². The Kier molecular flexibility index (Phi) is 3.38. The predicted octanol–water partition coefficient (Wildman–Crippen LogP) is 3.45. The van der Waals surface area contributed by atoms with Crippen molar-refractivity contribution in [1.82, 2.24) is 0 Å². The van der Waals surface area contributed by atoms with Crippen molar-refractivity contribution in [2.75, 3.05) is 0 Å². The van der Waals surface area contributed by atoms with Crippen LogP contribution >= 0.6 is 12.6 Å². The van der Waals surface area contributed by atoms with Gasteiger partial charge in [-0.3, -0.25) is 4.79 Å². The lowest BCUT2D eigenvalue weighted by Crippen LogP contribution is -1.99. The number of hydrogen-bond acceptors (Lipinski definition) is 2. The zero-order valence-corrected chi connectivity index (χ0v) is 10.5. The Hall–Kier alpha value is -1.48. The molecule has 0 aliphatic carbocycles. The summed E-state index contributed by atoms with van der Waals surface area (Å²) >= 11 is 4.31. The molecule has 0 aliphatic rings.